The maximum atomic E-state index is 12.9. The number of nitrogens with zero attached hydrogens (tertiary/aromatic N) is 1. The minimum absolute atomic E-state index is 0.0902. The summed E-state index contributed by atoms with van der Waals surface area (Å²) in [5.74, 6) is -0.393. The zero-order valence-corrected chi connectivity index (χ0v) is 13.7. The summed E-state index contributed by atoms with van der Waals surface area (Å²) in [5, 5.41) is 6.33. The number of amides is 1. The molecule has 21 heavy (non-hydrogen) atoms. The third kappa shape index (κ3) is 6.53. The van der Waals surface area contributed by atoms with E-state index < -0.39 is 0 Å². The van der Waals surface area contributed by atoms with Crippen LogP contribution in [0.2, 0.25) is 0 Å². The van der Waals surface area contributed by atoms with E-state index in [4.69, 9.17) is 12.2 Å². The molecule has 0 saturated carbocycles. The summed E-state index contributed by atoms with van der Waals surface area (Å²) in [6.45, 7) is 8.48. The van der Waals surface area contributed by atoms with Crippen molar-refractivity contribution >= 4 is 28.9 Å². The van der Waals surface area contributed by atoms with Crippen molar-refractivity contribution in [2.45, 2.75) is 33.2 Å². The molecular weight excluding hydrogens is 289 g/mol. The van der Waals surface area contributed by atoms with Crippen molar-refractivity contribution in [3.63, 3.8) is 0 Å². The molecule has 0 aliphatic heterocycles. The van der Waals surface area contributed by atoms with E-state index in [0.29, 0.717) is 17.3 Å². The molecule has 0 fully saturated rings. The maximum Gasteiger partial charge on any atom is 0.240 e. The fourth-order valence-electron chi connectivity index (χ4n) is 1.69. The van der Waals surface area contributed by atoms with Gasteiger partial charge < -0.3 is 15.5 Å². The van der Waals surface area contributed by atoms with Gasteiger partial charge in [-0.1, -0.05) is 0 Å². The number of benzene rings is 1. The third-order valence-electron chi connectivity index (χ3n) is 2.61. The van der Waals surface area contributed by atoms with Crippen LogP contribution in [0.5, 0.6) is 0 Å². The number of nitrogens with one attached hydrogen (secondary N) is 2. The molecule has 0 radical (unpaired) electrons. The van der Waals surface area contributed by atoms with Crippen molar-refractivity contribution in [3.8, 4) is 0 Å². The molecule has 1 rings (SSSR count). The quantitative estimate of drug-likeness (QED) is 0.839. The van der Waals surface area contributed by atoms with Gasteiger partial charge in [-0.2, -0.15) is 0 Å². The van der Waals surface area contributed by atoms with E-state index in [1.54, 1.807) is 17.0 Å². The molecule has 116 valence electrons. The van der Waals surface area contributed by atoms with Gasteiger partial charge in [0, 0.05) is 17.8 Å². The molecule has 0 unspecified atom stereocenters. The first-order chi connectivity index (χ1) is 9.71. The van der Waals surface area contributed by atoms with Crippen LogP contribution >= 0.6 is 12.2 Å². The molecule has 0 bridgehead atoms. The summed E-state index contributed by atoms with van der Waals surface area (Å²) in [5.41, 5.74) is 0.416. The van der Waals surface area contributed by atoms with Crippen molar-refractivity contribution in [2.24, 2.45) is 0 Å². The number of halogens is 1. The highest BCUT2D eigenvalue weighted by Crippen LogP contribution is 2.09. The first-order valence-corrected chi connectivity index (χ1v) is 7.24. The molecule has 4 nitrogen and oxygen atoms in total. The van der Waals surface area contributed by atoms with E-state index in [9.17, 15) is 9.18 Å². The molecule has 0 aliphatic carbocycles. The summed E-state index contributed by atoms with van der Waals surface area (Å²) in [4.78, 5) is 13.7. The van der Waals surface area contributed by atoms with E-state index in [0.717, 1.165) is 0 Å². The summed E-state index contributed by atoms with van der Waals surface area (Å²) in [7, 11) is 0. The molecule has 0 aliphatic rings. The van der Waals surface area contributed by atoms with Crippen molar-refractivity contribution in [3.05, 3.63) is 30.1 Å². The van der Waals surface area contributed by atoms with Crippen LogP contribution < -0.4 is 10.6 Å². The van der Waals surface area contributed by atoms with E-state index in [1.165, 1.54) is 12.1 Å². The maximum absolute atomic E-state index is 12.9. The van der Waals surface area contributed by atoms with E-state index in [1.807, 2.05) is 27.7 Å². The van der Waals surface area contributed by atoms with Gasteiger partial charge in [0.15, 0.2) is 5.11 Å². The van der Waals surface area contributed by atoms with Gasteiger partial charge >= 0.3 is 0 Å². The SMILES string of the molecule is CCN(CC(=O)NC(C)(C)C)C(=S)Nc1ccc(F)cc1. The standard InChI is InChI=1S/C15H22FN3OS/c1-5-19(10-13(20)18-15(2,3)4)14(21)17-12-8-6-11(16)7-9-12/h6-9H,5,10H2,1-4H3,(H,17,21)(H,18,20). The normalized spacial score (nSPS) is 10.9. The topological polar surface area (TPSA) is 44.4 Å². The largest absolute Gasteiger partial charge is 0.350 e. The summed E-state index contributed by atoms with van der Waals surface area (Å²) >= 11 is 5.29. The molecule has 0 saturated heterocycles. The fraction of sp³-hybridized carbons (Fsp3) is 0.467. The number of anilines is 1. The van der Waals surface area contributed by atoms with Gasteiger partial charge in [-0.25, -0.2) is 4.39 Å². The zero-order chi connectivity index (χ0) is 16.0. The van der Waals surface area contributed by atoms with Gasteiger partial charge in [0.2, 0.25) is 5.91 Å². The summed E-state index contributed by atoms with van der Waals surface area (Å²) < 4.78 is 12.9. The van der Waals surface area contributed by atoms with E-state index in [-0.39, 0.29) is 23.8 Å². The molecule has 6 heteroatoms. The predicted molar refractivity (Wildman–Crippen MR) is 87.8 cm³/mol. The molecule has 0 heterocycles. The Morgan fingerprint density at radius 3 is 2.33 bits per heavy atom. The smallest absolute Gasteiger partial charge is 0.240 e. The Morgan fingerprint density at radius 1 is 1.29 bits per heavy atom. The molecule has 1 amide bonds. The Balaban J connectivity index is 2.61. The van der Waals surface area contributed by atoms with Crippen LogP contribution in [-0.2, 0) is 4.79 Å². The van der Waals surface area contributed by atoms with Gasteiger partial charge in [-0.3, -0.25) is 4.79 Å². The second kappa shape index (κ2) is 7.36. The van der Waals surface area contributed by atoms with Crippen LogP contribution in [0.4, 0.5) is 10.1 Å². The molecule has 0 atom stereocenters. The summed E-state index contributed by atoms with van der Waals surface area (Å²) in [6.07, 6.45) is 0. The monoisotopic (exact) mass is 311 g/mol. The molecule has 1 aromatic carbocycles. The van der Waals surface area contributed by atoms with Gasteiger partial charge in [0.05, 0.1) is 6.54 Å². The average molecular weight is 311 g/mol. The van der Waals surface area contributed by atoms with Crippen LogP contribution in [0.15, 0.2) is 24.3 Å². The van der Waals surface area contributed by atoms with Crippen LogP contribution in [-0.4, -0.2) is 34.5 Å². The predicted octanol–water partition coefficient (Wildman–Crippen LogP) is 2.76. The highest BCUT2D eigenvalue weighted by molar-refractivity contribution is 7.80. The summed E-state index contributed by atoms with van der Waals surface area (Å²) in [6, 6.07) is 5.91. The van der Waals surface area contributed by atoms with Gasteiger partial charge in [0.25, 0.3) is 0 Å². The number of likely N-dealkylation sites (N-methyl/N-ethyl adjacent to an activating group) is 1. The lowest BCUT2D eigenvalue weighted by Crippen LogP contribution is -2.48. The Kier molecular flexibility index (Phi) is 6.08. The van der Waals surface area contributed by atoms with Crippen molar-refractivity contribution in [1.82, 2.24) is 10.2 Å². The van der Waals surface area contributed by atoms with Crippen molar-refractivity contribution in [2.75, 3.05) is 18.4 Å². The van der Waals surface area contributed by atoms with Gasteiger partial charge in [-0.05, 0) is 64.2 Å². The Morgan fingerprint density at radius 2 is 1.86 bits per heavy atom. The Bertz CT molecular complexity index is 497. The Labute approximate surface area is 130 Å². The first kappa shape index (κ1) is 17.4. The lowest BCUT2D eigenvalue weighted by molar-refractivity contribution is -0.122. The minimum Gasteiger partial charge on any atom is -0.350 e. The van der Waals surface area contributed by atoms with Crippen LogP contribution in [0.3, 0.4) is 0 Å². The number of carbonyl (C=O) groups is 1. The van der Waals surface area contributed by atoms with E-state index >= 15 is 0 Å². The second-order valence-corrected chi connectivity index (χ2v) is 6.14. The number of hydrogen-bond acceptors (Lipinski definition) is 2. The lowest BCUT2D eigenvalue weighted by Gasteiger charge is -2.27. The number of thiocarbonyl (C=S) groups is 1. The second-order valence-electron chi connectivity index (χ2n) is 5.75. The zero-order valence-electron chi connectivity index (χ0n) is 12.9. The fourth-order valence-corrected chi connectivity index (χ4v) is 2.01. The highest BCUT2D eigenvalue weighted by atomic mass is 32.1. The Hall–Kier alpha value is -1.69. The third-order valence-corrected chi connectivity index (χ3v) is 2.97. The van der Waals surface area contributed by atoms with Gasteiger partial charge in [-0.15, -0.1) is 0 Å². The molecule has 2 N–H and O–H groups in total. The first-order valence-electron chi connectivity index (χ1n) is 6.84. The van der Waals surface area contributed by atoms with Crippen LogP contribution in [0.1, 0.15) is 27.7 Å². The van der Waals surface area contributed by atoms with Crippen LogP contribution in [0.25, 0.3) is 0 Å². The number of hydrogen-bond donors (Lipinski definition) is 2. The van der Waals surface area contributed by atoms with E-state index in [2.05, 4.69) is 10.6 Å². The van der Waals surface area contributed by atoms with Crippen molar-refractivity contribution in [1.29, 1.82) is 0 Å². The molecule has 0 aromatic heterocycles. The van der Waals surface area contributed by atoms with Crippen molar-refractivity contribution < 1.29 is 9.18 Å². The minimum atomic E-state index is -0.302. The number of rotatable bonds is 4. The lowest BCUT2D eigenvalue weighted by atomic mass is 10.1. The molecular formula is C15H22FN3OS. The van der Waals surface area contributed by atoms with Gasteiger partial charge in [0.1, 0.15) is 5.82 Å². The highest BCUT2D eigenvalue weighted by Gasteiger charge is 2.17. The molecule has 0 spiro atoms. The molecule has 1 aromatic rings. The average Bonchev–Trinajstić information content (AvgIpc) is 2.36. The van der Waals surface area contributed by atoms with Crippen LogP contribution in [0, 0.1) is 5.82 Å². The number of carbonyl (C=O) groups excluding carboxylic acids is 1.